The number of nitro groups is 1. The molecule has 0 radical (unpaired) electrons. The zero-order chi connectivity index (χ0) is 30.5. The van der Waals surface area contributed by atoms with Crippen molar-refractivity contribution in [2.24, 2.45) is 29.7 Å². The number of phenolic OH excluding ortho intramolecular Hbond substituents is 1. The molecule has 0 atom stereocenters. The number of imidazole rings is 1. The van der Waals surface area contributed by atoms with Gasteiger partial charge in [-0.2, -0.15) is 0 Å². The zero-order valence-corrected chi connectivity index (χ0v) is 25.3. The van der Waals surface area contributed by atoms with Gasteiger partial charge in [-0.3, -0.25) is 19.2 Å². The van der Waals surface area contributed by atoms with Crippen LogP contribution < -0.4 is 5.69 Å². The van der Waals surface area contributed by atoms with Gasteiger partial charge in [-0.1, -0.05) is 84.9 Å². The Kier molecular flexibility index (Phi) is 7.45. The molecule has 0 unspecified atom stereocenters. The number of nitrogens with zero attached hydrogens (tertiary/aromatic N) is 5. The molecule has 9 nitrogen and oxygen atoms in total. The average Bonchev–Trinajstić information content (AvgIpc) is 3.09. The smallest absolute Gasteiger partial charge is 0.328 e. The van der Waals surface area contributed by atoms with Gasteiger partial charge in [-0.05, 0) is 40.5 Å². The molecular weight excluding hydrogens is 518 g/mol. The first-order valence-corrected chi connectivity index (χ1v) is 13.6. The van der Waals surface area contributed by atoms with Crippen LogP contribution in [0.1, 0.15) is 71.6 Å². The predicted molar refractivity (Wildman–Crippen MR) is 163 cm³/mol. The number of hydrogen-bond acceptors (Lipinski definition) is 6. The Balaban J connectivity index is 1.95. The second-order valence-electron chi connectivity index (χ2n) is 13.2. The molecule has 9 heteroatoms. The van der Waals surface area contributed by atoms with E-state index in [2.05, 4.69) is 44.8 Å². The van der Waals surface area contributed by atoms with E-state index in [1.807, 2.05) is 56.3 Å². The van der Waals surface area contributed by atoms with Gasteiger partial charge in [-0.15, -0.1) is 10.2 Å². The average molecular weight is 558 g/mol. The van der Waals surface area contributed by atoms with Crippen molar-refractivity contribution in [1.29, 1.82) is 0 Å². The quantitative estimate of drug-likeness (QED) is 0.141. The molecule has 0 aliphatic heterocycles. The second kappa shape index (κ2) is 10.3. The first kappa shape index (κ1) is 29.7. The molecule has 1 heterocycles. The van der Waals surface area contributed by atoms with Crippen LogP contribution in [0.4, 0.5) is 17.1 Å². The molecule has 0 aliphatic carbocycles. The highest BCUT2D eigenvalue weighted by molar-refractivity contribution is 5.84. The summed E-state index contributed by atoms with van der Waals surface area (Å²) in [5, 5.41) is 32.2. The number of benzene rings is 3. The fourth-order valence-corrected chi connectivity index (χ4v) is 5.86. The number of nitro benzene ring substituents is 1. The molecule has 216 valence electrons. The first-order valence-electron chi connectivity index (χ1n) is 13.6. The lowest BCUT2D eigenvalue weighted by molar-refractivity contribution is -0.384. The molecule has 1 aromatic heterocycles. The van der Waals surface area contributed by atoms with Crippen LogP contribution >= 0.6 is 0 Å². The van der Waals surface area contributed by atoms with Crippen LogP contribution in [0.25, 0.3) is 11.0 Å². The van der Waals surface area contributed by atoms with E-state index in [4.69, 9.17) is 0 Å². The third-order valence-electron chi connectivity index (χ3n) is 7.84. The lowest BCUT2D eigenvalue weighted by Gasteiger charge is -2.35. The van der Waals surface area contributed by atoms with Crippen LogP contribution in [0, 0.1) is 15.5 Å². The summed E-state index contributed by atoms with van der Waals surface area (Å²) in [5.74, 6) is -0.0336. The van der Waals surface area contributed by atoms with Crippen molar-refractivity contribution in [3.63, 3.8) is 0 Å². The SMILES string of the molecule is Cn1c(=O)n(C)c2cc([N+](=O)[O-])c(N=Nc3cc(C(C)(C)CC(C)(C)C)cc(C(C)(C)c4ccccc4)c3O)cc21. The molecule has 0 bridgehead atoms. The monoisotopic (exact) mass is 557 g/mol. The Labute approximate surface area is 240 Å². The third kappa shape index (κ3) is 5.66. The normalized spacial score (nSPS) is 12.9. The van der Waals surface area contributed by atoms with E-state index in [0.717, 1.165) is 17.5 Å². The van der Waals surface area contributed by atoms with Crippen molar-refractivity contribution in [3.8, 4) is 5.75 Å². The van der Waals surface area contributed by atoms with Crippen molar-refractivity contribution < 1.29 is 10.0 Å². The van der Waals surface area contributed by atoms with Crippen LogP contribution in [-0.4, -0.2) is 19.2 Å². The maximum atomic E-state index is 12.5. The highest BCUT2D eigenvalue weighted by Gasteiger charge is 2.33. The van der Waals surface area contributed by atoms with Gasteiger partial charge >= 0.3 is 5.69 Å². The number of hydrogen-bond donors (Lipinski definition) is 1. The zero-order valence-electron chi connectivity index (χ0n) is 25.3. The minimum Gasteiger partial charge on any atom is -0.505 e. The Morgan fingerprint density at radius 1 is 0.829 bits per heavy atom. The summed E-state index contributed by atoms with van der Waals surface area (Å²) >= 11 is 0. The molecule has 0 spiro atoms. The van der Waals surface area contributed by atoms with Gasteiger partial charge in [-0.25, -0.2) is 4.79 Å². The molecular formula is C32H39N5O4. The first-order chi connectivity index (χ1) is 18.9. The van der Waals surface area contributed by atoms with Crippen LogP contribution in [0.15, 0.2) is 69.6 Å². The van der Waals surface area contributed by atoms with E-state index in [1.54, 1.807) is 14.1 Å². The minimum atomic E-state index is -0.573. The summed E-state index contributed by atoms with van der Waals surface area (Å²) < 4.78 is 2.76. The molecule has 0 fully saturated rings. The largest absolute Gasteiger partial charge is 0.505 e. The fraction of sp³-hybridized carbons (Fsp3) is 0.406. The van der Waals surface area contributed by atoms with Gasteiger partial charge in [0.2, 0.25) is 0 Å². The highest BCUT2D eigenvalue weighted by Crippen LogP contribution is 2.47. The lowest BCUT2D eigenvalue weighted by Crippen LogP contribution is -2.26. The number of fused-ring (bicyclic) bond motifs is 1. The summed E-state index contributed by atoms with van der Waals surface area (Å²) in [5.41, 5.74) is 2.43. The van der Waals surface area contributed by atoms with E-state index >= 15 is 0 Å². The molecule has 4 aromatic rings. The number of phenols is 1. The summed E-state index contributed by atoms with van der Waals surface area (Å²) in [6.07, 6.45) is 0.872. The van der Waals surface area contributed by atoms with Gasteiger partial charge in [0.05, 0.1) is 16.0 Å². The molecule has 1 N–H and O–H groups in total. The van der Waals surface area contributed by atoms with Gasteiger partial charge < -0.3 is 5.11 Å². The van der Waals surface area contributed by atoms with Gasteiger partial charge in [0.1, 0.15) is 11.4 Å². The number of aryl methyl sites for hydroxylation is 2. The Morgan fingerprint density at radius 2 is 1.39 bits per heavy atom. The number of rotatable bonds is 7. The van der Waals surface area contributed by atoms with E-state index < -0.39 is 10.3 Å². The topological polar surface area (TPSA) is 115 Å². The van der Waals surface area contributed by atoms with E-state index in [1.165, 1.54) is 21.3 Å². The predicted octanol–water partition coefficient (Wildman–Crippen LogP) is 7.95. The summed E-state index contributed by atoms with van der Waals surface area (Å²) in [4.78, 5) is 23.9. The van der Waals surface area contributed by atoms with Crippen LogP contribution in [0.2, 0.25) is 0 Å². The second-order valence-corrected chi connectivity index (χ2v) is 13.2. The summed E-state index contributed by atoms with van der Waals surface area (Å²) in [7, 11) is 3.16. The molecule has 0 amide bonds. The molecule has 41 heavy (non-hydrogen) atoms. The maximum Gasteiger partial charge on any atom is 0.328 e. The van der Waals surface area contributed by atoms with Crippen molar-refractivity contribution in [2.45, 2.75) is 65.7 Å². The Morgan fingerprint density at radius 3 is 1.95 bits per heavy atom. The number of aromatic hydroxyl groups is 1. The van der Waals surface area contributed by atoms with Crippen LogP contribution in [0.5, 0.6) is 5.75 Å². The van der Waals surface area contributed by atoms with E-state index in [0.29, 0.717) is 16.6 Å². The van der Waals surface area contributed by atoms with Crippen LogP contribution in [0.3, 0.4) is 0 Å². The standard InChI is InChI=1S/C32H39N5O4/c1-30(2,3)19-31(4,5)21-15-22(32(6,7)20-13-11-10-12-14-20)28(38)24(16-21)34-33-23-17-26-27(18-25(23)37(40)41)36(9)29(39)35(26)8/h10-18,38H,19H2,1-9H3. The van der Waals surface area contributed by atoms with E-state index in [9.17, 15) is 20.0 Å². The van der Waals surface area contributed by atoms with Gasteiger partial charge in [0, 0.05) is 31.1 Å². The highest BCUT2D eigenvalue weighted by atomic mass is 16.6. The van der Waals surface area contributed by atoms with Crippen molar-refractivity contribution in [2.75, 3.05) is 0 Å². The minimum absolute atomic E-state index is 0.00803. The summed E-state index contributed by atoms with van der Waals surface area (Å²) in [6.45, 7) is 15.0. The Bertz CT molecular complexity index is 1720. The van der Waals surface area contributed by atoms with Gasteiger partial charge in [0.15, 0.2) is 5.69 Å². The molecule has 0 aliphatic rings. The summed E-state index contributed by atoms with van der Waals surface area (Å²) in [6, 6.07) is 16.6. The number of azo groups is 1. The van der Waals surface area contributed by atoms with Crippen molar-refractivity contribution in [3.05, 3.63) is 91.9 Å². The van der Waals surface area contributed by atoms with Gasteiger partial charge in [0.25, 0.3) is 5.69 Å². The third-order valence-corrected chi connectivity index (χ3v) is 7.84. The van der Waals surface area contributed by atoms with Crippen molar-refractivity contribution in [1.82, 2.24) is 9.13 Å². The lowest BCUT2D eigenvalue weighted by atomic mass is 9.70. The number of aromatic nitrogens is 2. The maximum absolute atomic E-state index is 12.5. The molecule has 0 saturated heterocycles. The Hall–Kier alpha value is -4.27. The van der Waals surface area contributed by atoms with Crippen molar-refractivity contribution >= 4 is 28.1 Å². The van der Waals surface area contributed by atoms with Crippen LogP contribution in [-0.2, 0) is 24.9 Å². The van der Waals surface area contributed by atoms with E-state index in [-0.39, 0.29) is 39.3 Å². The molecule has 0 saturated carbocycles. The molecule has 3 aromatic carbocycles. The molecule has 4 rings (SSSR count). The fourth-order valence-electron chi connectivity index (χ4n) is 5.86.